The first-order chi connectivity index (χ1) is 12.1. The first-order valence-corrected chi connectivity index (χ1v) is 9.53. The highest BCUT2D eigenvalue weighted by molar-refractivity contribution is 7.89. The van der Waals surface area contributed by atoms with Crippen LogP contribution in [0.2, 0.25) is 5.02 Å². The van der Waals surface area contributed by atoms with Crippen LogP contribution < -0.4 is 11.1 Å². The van der Waals surface area contributed by atoms with E-state index in [1.54, 1.807) is 5.32 Å². The molecule has 9 nitrogen and oxygen atoms in total. The molecule has 0 radical (unpaired) electrons. The Labute approximate surface area is 155 Å². The van der Waals surface area contributed by atoms with Gasteiger partial charge < -0.3 is 10.5 Å². The molecule has 11 heteroatoms. The molecule has 1 aromatic rings. The average Bonchev–Trinajstić information content (AvgIpc) is 3.05. The van der Waals surface area contributed by atoms with Crippen molar-refractivity contribution in [2.24, 2.45) is 5.73 Å². The van der Waals surface area contributed by atoms with Gasteiger partial charge in [-0.05, 0) is 44.0 Å². The Bertz CT molecular complexity index is 811. The Kier molecular flexibility index (Phi) is 6.21. The van der Waals surface area contributed by atoms with Crippen molar-refractivity contribution in [1.29, 1.82) is 0 Å². The van der Waals surface area contributed by atoms with Gasteiger partial charge in [0.25, 0.3) is 5.91 Å². The average molecular weight is 404 g/mol. The minimum atomic E-state index is -3.93. The number of urea groups is 1. The number of primary amides is 1. The maximum absolute atomic E-state index is 12.8. The number of halogens is 1. The monoisotopic (exact) mass is 403 g/mol. The number of sulfonamides is 1. The van der Waals surface area contributed by atoms with Crippen LogP contribution in [-0.4, -0.2) is 49.3 Å². The number of ether oxygens (including phenoxy) is 1. The fourth-order valence-electron chi connectivity index (χ4n) is 2.53. The SMILES string of the molecule is CC(OC(=O)C1CCCN1S(=O)(=O)c1ccc(Cl)cc1)C(=O)NC(N)=O. The third-order valence-electron chi connectivity index (χ3n) is 3.80. The number of carbonyl (C=O) groups is 3. The Morgan fingerprint density at radius 1 is 1.31 bits per heavy atom. The highest BCUT2D eigenvalue weighted by atomic mass is 35.5. The minimum absolute atomic E-state index is 0.00104. The largest absolute Gasteiger partial charge is 0.451 e. The zero-order chi connectivity index (χ0) is 19.5. The number of nitrogens with zero attached hydrogens (tertiary/aromatic N) is 1. The Morgan fingerprint density at radius 2 is 1.92 bits per heavy atom. The van der Waals surface area contributed by atoms with E-state index in [4.69, 9.17) is 22.1 Å². The maximum atomic E-state index is 12.8. The fraction of sp³-hybridized carbons (Fsp3) is 0.400. The quantitative estimate of drug-likeness (QED) is 0.691. The van der Waals surface area contributed by atoms with Gasteiger partial charge in [-0.1, -0.05) is 11.6 Å². The Morgan fingerprint density at radius 3 is 2.50 bits per heavy atom. The molecule has 1 aliphatic heterocycles. The van der Waals surface area contributed by atoms with Crippen molar-refractivity contribution >= 4 is 39.5 Å². The molecular weight excluding hydrogens is 386 g/mol. The lowest BCUT2D eigenvalue weighted by Gasteiger charge is -2.24. The number of imide groups is 1. The van der Waals surface area contributed by atoms with Gasteiger partial charge in [-0.25, -0.2) is 13.2 Å². The van der Waals surface area contributed by atoms with Crippen LogP contribution >= 0.6 is 11.6 Å². The van der Waals surface area contributed by atoms with Gasteiger partial charge in [0.05, 0.1) is 4.90 Å². The van der Waals surface area contributed by atoms with Crippen molar-refractivity contribution in [2.75, 3.05) is 6.54 Å². The van der Waals surface area contributed by atoms with Crippen LogP contribution in [0.5, 0.6) is 0 Å². The molecule has 2 unspecified atom stereocenters. The van der Waals surface area contributed by atoms with Crippen LogP contribution in [0, 0.1) is 0 Å². The van der Waals surface area contributed by atoms with Crippen LogP contribution in [0.15, 0.2) is 29.2 Å². The topological polar surface area (TPSA) is 136 Å². The van der Waals surface area contributed by atoms with Crippen LogP contribution in [0.25, 0.3) is 0 Å². The van der Waals surface area contributed by atoms with E-state index in [-0.39, 0.29) is 17.9 Å². The lowest BCUT2D eigenvalue weighted by molar-refractivity contribution is -0.157. The van der Waals surface area contributed by atoms with Gasteiger partial charge in [0.1, 0.15) is 6.04 Å². The Balaban J connectivity index is 2.14. The van der Waals surface area contributed by atoms with Crippen LogP contribution in [0.3, 0.4) is 0 Å². The second kappa shape index (κ2) is 8.02. The summed E-state index contributed by atoms with van der Waals surface area (Å²) in [5.74, 6) is -1.76. The number of benzene rings is 1. The summed E-state index contributed by atoms with van der Waals surface area (Å²) in [5, 5.41) is 2.17. The van der Waals surface area contributed by atoms with E-state index in [1.807, 2.05) is 0 Å². The van der Waals surface area contributed by atoms with E-state index in [0.717, 1.165) is 4.31 Å². The molecule has 0 aromatic heterocycles. The second-order valence-electron chi connectivity index (χ2n) is 5.66. The fourth-order valence-corrected chi connectivity index (χ4v) is 4.31. The van der Waals surface area contributed by atoms with Crippen molar-refractivity contribution in [1.82, 2.24) is 9.62 Å². The van der Waals surface area contributed by atoms with Gasteiger partial charge in [-0.2, -0.15) is 4.31 Å². The molecule has 3 N–H and O–H groups in total. The first-order valence-electron chi connectivity index (χ1n) is 7.71. The summed E-state index contributed by atoms with van der Waals surface area (Å²) in [6.07, 6.45) is -0.569. The summed E-state index contributed by atoms with van der Waals surface area (Å²) in [6.45, 7) is 1.40. The van der Waals surface area contributed by atoms with Gasteiger partial charge in [0.15, 0.2) is 6.10 Å². The molecule has 0 saturated carbocycles. The van der Waals surface area contributed by atoms with Gasteiger partial charge in [-0.3, -0.25) is 14.9 Å². The number of esters is 1. The highest BCUT2D eigenvalue weighted by Gasteiger charge is 2.41. The number of amides is 3. The molecule has 0 spiro atoms. The molecule has 3 amide bonds. The van der Waals surface area contributed by atoms with E-state index in [1.165, 1.54) is 31.2 Å². The summed E-state index contributed by atoms with van der Waals surface area (Å²) < 4.78 is 31.6. The molecule has 2 rings (SSSR count). The predicted molar refractivity (Wildman–Crippen MR) is 91.6 cm³/mol. The molecule has 1 fully saturated rings. The van der Waals surface area contributed by atoms with Crippen molar-refractivity contribution in [3.8, 4) is 0 Å². The molecule has 1 saturated heterocycles. The van der Waals surface area contributed by atoms with Gasteiger partial charge in [0.2, 0.25) is 10.0 Å². The van der Waals surface area contributed by atoms with Gasteiger partial charge >= 0.3 is 12.0 Å². The minimum Gasteiger partial charge on any atom is -0.451 e. The van der Waals surface area contributed by atoms with Crippen LogP contribution in [0.1, 0.15) is 19.8 Å². The van der Waals surface area contributed by atoms with E-state index in [2.05, 4.69) is 0 Å². The molecule has 1 aromatic carbocycles. The normalized spacial score (nSPS) is 18.9. The van der Waals surface area contributed by atoms with E-state index >= 15 is 0 Å². The summed E-state index contributed by atoms with van der Waals surface area (Å²) >= 11 is 5.77. The molecular formula is C15H18ClN3O6S. The molecule has 1 aliphatic rings. The predicted octanol–water partition coefficient (Wildman–Crippen LogP) is 0.620. The van der Waals surface area contributed by atoms with Gasteiger partial charge in [-0.15, -0.1) is 0 Å². The molecule has 26 heavy (non-hydrogen) atoms. The number of hydrogen-bond donors (Lipinski definition) is 2. The number of rotatable bonds is 5. The van der Waals surface area contributed by atoms with Crippen LogP contribution in [-0.2, 0) is 24.3 Å². The highest BCUT2D eigenvalue weighted by Crippen LogP contribution is 2.27. The van der Waals surface area contributed by atoms with E-state index < -0.39 is 40.1 Å². The zero-order valence-corrected chi connectivity index (χ0v) is 15.4. The maximum Gasteiger partial charge on any atom is 0.325 e. The van der Waals surface area contributed by atoms with Crippen LogP contribution in [0.4, 0.5) is 4.79 Å². The number of hydrogen-bond acceptors (Lipinski definition) is 6. The number of nitrogens with two attached hydrogens (primary N) is 1. The summed E-state index contributed by atoms with van der Waals surface area (Å²) in [4.78, 5) is 34.6. The van der Waals surface area contributed by atoms with Crippen molar-refractivity contribution < 1.29 is 27.5 Å². The molecule has 142 valence electrons. The van der Waals surface area contributed by atoms with Crippen molar-refractivity contribution in [3.05, 3.63) is 29.3 Å². The van der Waals surface area contributed by atoms with E-state index in [9.17, 15) is 22.8 Å². The number of carbonyl (C=O) groups excluding carboxylic acids is 3. The molecule has 2 atom stereocenters. The smallest absolute Gasteiger partial charge is 0.325 e. The lowest BCUT2D eigenvalue weighted by atomic mass is 10.2. The summed E-state index contributed by atoms with van der Waals surface area (Å²) in [5.41, 5.74) is 4.83. The Hall–Kier alpha value is -2.17. The lowest BCUT2D eigenvalue weighted by Crippen LogP contribution is -2.46. The third kappa shape index (κ3) is 4.51. The van der Waals surface area contributed by atoms with Gasteiger partial charge in [0, 0.05) is 11.6 Å². The standard InChI is InChI=1S/C15H18ClN3O6S/c1-9(13(20)18-15(17)22)25-14(21)12-3-2-8-19(12)26(23,24)11-6-4-10(16)5-7-11/h4-7,9,12H,2-3,8H2,1H3,(H3,17,18,20,22). The van der Waals surface area contributed by atoms with E-state index in [0.29, 0.717) is 11.4 Å². The molecule has 0 bridgehead atoms. The molecule has 1 heterocycles. The number of nitrogens with one attached hydrogen (secondary N) is 1. The first kappa shape index (κ1) is 20.1. The second-order valence-corrected chi connectivity index (χ2v) is 7.99. The summed E-state index contributed by atoms with van der Waals surface area (Å²) in [6, 6.07) is 3.44. The van der Waals surface area contributed by atoms with Crippen molar-refractivity contribution in [2.45, 2.75) is 36.8 Å². The molecule has 0 aliphatic carbocycles. The van der Waals surface area contributed by atoms with Crippen molar-refractivity contribution in [3.63, 3.8) is 0 Å². The third-order valence-corrected chi connectivity index (χ3v) is 5.98. The zero-order valence-electron chi connectivity index (χ0n) is 13.8. The summed E-state index contributed by atoms with van der Waals surface area (Å²) in [7, 11) is -3.93.